The van der Waals surface area contributed by atoms with Gasteiger partial charge in [0.1, 0.15) is 6.10 Å². The number of hydrogen-bond donors (Lipinski definition) is 2. The lowest BCUT2D eigenvalue weighted by Gasteiger charge is -2.44. The first-order valence-corrected chi connectivity index (χ1v) is 10.8. The van der Waals surface area contributed by atoms with Gasteiger partial charge in [-0.2, -0.15) is 0 Å². The maximum absolute atomic E-state index is 12.6. The summed E-state index contributed by atoms with van der Waals surface area (Å²) < 4.78 is 20.1. The molecular weight excluding hydrogens is 444 g/mol. The molecule has 0 aromatic carbocycles. The molecule has 2 N–H and O–H groups in total. The van der Waals surface area contributed by atoms with Gasteiger partial charge in [0.05, 0.1) is 20.8 Å². The molecule has 0 saturated carbocycles. The van der Waals surface area contributed by atoms with Gasteiger partial charge in [-0.15, -0.1) is 0 Å². The van der Waals surface area contributed by atoms with E-state index in [-0.39, 0.29) is 37.1 Å². The monoisotopic (exact) mass is 474 g/mol. The Morgan fingerprint density at radius 2 is 1.72 bits per heavy atom. The van der Waals surface area contributed by atoms with Gasteiger partial charge in [-0.3, -0.25) is 14.4 Å². The minimum Gasteiger partial charge on any atom is -0.466 e. The predicted octanol–water partition coefficient (Wildman–Crippen LogP) is -0.0713. The molecule has 0 radical (unpaired) electrons. The number of hydrogen-bond acceptors (Lipinski definition) is 10. The Hall–Kier alpha value is -2.44. The SMILES string of the molecule is COC(=O)/C=C/C(=O)SCCNC(=O)CCNC(=O)[C@@H]1OC(C)(C(=O)OC)OCC1(C)C. The second-order valence-corrected chi connectivity index (χ2v) is 8.73. The summed E-state index contributed by atoms with van der Waals surface area (Å²) in [6, 6.07) is 0. The molecule has 1 heterocycles. The van der Waals surface area contributed by atoms with Crippen LogP contribution in [0.25, 0.3) is 0 Å². The van der Waals surface area contributed by atoms with Gasteiger partial charge in [-0.05, 0) is 6.08 Å². The Morgan fingerprint density at radius 3 is 2.34 bits per heavy atom. The summed E-state index contributed by atoms with van der Waals surface area (Å²) in [5.41, 5.74) is -0.702. The lowest BCUT2D eigenvalue weighted by atomic mass is 9.85. The molecule has 1 unspecified atom stereocenters. The molecule has 0 bridgehead atoms. The zero-order chi connectivity index (χ0) is 24.4. The van der Waals surface area contributed by atoms with Crippen LogP contribution in [0.1, 0.15) is 27.2 Å². The molecule has 1 saturated heterocycles. The topological polar surface area (TPSA) is 146 Å². The molecule has 2 amide bonds. The van der Waals surface area contributed by atoms with Crippen molar-refractivity contribution in [2.75, 3.05) is 39.7 Å². The average Bonchev–Trinajstić information content (AvgIpc) is 2.75. The number of methoxy groups -OCH3 is 2. The first-order valence-electron chi connectivity index (χ1n) is 9.82. The highest BCUT2D eigenvalue weighted by Gasteiger charge is 2.51. The van der Waals surface area contributed by atoms with Crippen LogP contribution >= 0.6 is 11.8 Å². The largest absolute Gasteiger partial charge is 0.466 e. The van der Waals surface area contributed by atoms with Crippen molar-refractivity contribution < 1.29 is 42.9 Å². The van der Waals surface area contributed by atoms with Gasteiger partial charge in [-0.25, -0.2) is 9.59 Å². The number of nitrogens with one attached hydrogen (secondary N) is 2. The van der Waals surface area contributed by atoms with Gasteiger partial charge in [-0.1, -0.05) is 25.6 Å². The third-order valence-corrected chi connectivity index (χ3v) is 5.27. The van der Waals surface area contributed by atoms with Gasteiger partial charge < -0.3 is 29.6 Å². The molecule has 1 aliphatic rings. The quantitative estimate of drug-likeness (QED) is 0.250. The molecule has 1 aliphatic heterocycles. The Balaban J connectivity index is 2.37. The van der Waals surface area contributed by atoms with Crippen molar-refractivity contribution in [3.8, 4) is 0 Å². The highest BCUT2D eigenvalue weighted by molar-refractivity contribution is 8.14. The second kappa shape index (κ2) is 12.6. The normalized spacial score (nSPS) is 22.1. The molecule has 32 heavy (non-hydrogen) atoms. The lowest BCUT2D eigenvalue weighted by Crippen LogP contribution is -2.60. The molecule has 0 aromatic heterocycles. The highest BCUT2D eigenvalue weighted by Crippen LogP contribution is 2.35. The van der Waals surface area contributed by atoms with E-state index in [1.807, 2.05) is 0 Å². The summed E-state index contributed by atoms with van der Waals surface area (Å²) in [7, 11) is 2.40. The molecule has 1 rings (SSSR count). The van der Waals surface area contributed by atoms with E-state index in [0.717, 1.165) is 23.9 Å². The van der Waals surface area contributed by atoms with E-state index in [4.69, 9.17) is 9.47 Å². The first-order chi connectivity index (χ1) is 14.9. The number of thioether (sulfide) groups is 1. The summed E-state index contributed by atoms with van der Waals surface area (Å²) in [6.45, 7) is 5.31. The zero-order valence-corrected chi connectivity index (χ0v) is 19.7. The lowest BCUT2D eigenvalue weighted by molar-refractivity contribution is -0.305. The van der Waals surface area contributed by atoms with E-state index < -0.39 is 35.2 Å². The van der Waals surface area contributed by atoms with Gasteiger partial charge in [0.15, 0.2) is 0 Å². The minimum absolute atomic E-state index is 0.0184. The average molecular weight is 475 g/mol. The number of esters is 2. The van der Waals surface area contributed by atoms with Crippen molar-refractivity contribution in [3.05, 3.63) is 12.2 Å². The van der Waals surface area contributed by atoms with Crippen LogP contribution in [0, 0.1) is 5.41 Å². The minimum atomic E-state index is -1.69. The standard InChI is InChI=1S/C20H30N2O9S/c1-19(2)12-30-20(3,18(27)29-5)31-16(19)17(26)22-9-8-13(23)21-10-11-32-15(25)7-6-14(24)28-4/h6-7,16H,8-12H2,1-5H3,(H,21,23)(H,22,26)/b7-6+/t16-,20?/m0/s1. The molecule has 12 heteroatoms. The number of amides is 2. The third kappa shape index (κ3) is 8.60. The fraction of sp³-hybridized carbons (Fsp3) is 0.650. The summed E-state index contributed by atoms with van der Waals surface area (Å²) >= 11 is 0.938. The van der Waals surface area contributed by atoms with Crippen LogP contribution < -0.4 is 10.6 Å². The van der Waals surface area contributed by atoms with Crippen molar-refractivity contribution in [1.82, 2.24) is 10.6 Å². The smallest absolute Gasteiger partial charge is 0.366 e. The van der Waals surface area contributed by atoms with Crippen LogP contribution in [-0.4, -0.2) is 80.4 Å². The fourth-order valence-corrected chi connectivity index (χ4v) is 3.16. The molecule has 11 nitrogen and oxygen atoms in total. The predicted molar refractivity (Wildman–Crippen MR) is 114 cm³/mol. The molecule has 180 valence electrons. The Bertz CT molecular complexity index is 753. The van der Waals surface area contributed by atoms with Gasteiger partial charge in [0.2, 0.25) is 16.9 Å². The first kappa shape index (κ1) is 27.6. The van der Waals surface area contributed by atoms with Gasteiger partial charge in [0.25, 0.3) is 5.79 Å². The van der Waals surface area contributed by atoms with E-state index in [1.54, 1.807) is 13.8 Å². The fourth-order valence-electron chi connectivity index (χ4n) is 2.59. The van der Waals surface area contributed by atoms with Crippen LogP contribution in [0.4, 0.5) is 0 Å². The van der Waals surface area contributed by atoms with Crippen molar-refractivity contribution >= 4 is 40.6 Å². The van der Waals surface area contributed by atoms with Crippen molar-refractivity contribution in [2.45, 2.75) is 39.1 Å². The molecule has 2 atom stereocenters. The molecule has 1 fully saturated rings. The van der Waals surface area contributed by atoms with Crippen molar-refractivity contribution in [2.24, 2.45) is 5.41 Å². The Kier molecular flexibility index (Phi) is 10.8. The maximum Gasteiger partial charge on any atom is 0.366 e. The van der Waals surface area contributed by atoms with E-state index in [2.05, 4.69) is 20.1 Å². The van der Waals surface area contributed by atoms with Crippen molar-refractivity contribution in [3.63, 3.8) is 0 Å². The third-order valence-electron chi connectivity index (χ3n) is 4.44. The number of rotatable bonds is 10. The van der Waals surface area contributed by atoms with Crippen LogP contribution in [0.5, 0.6) is 0 Å². The molecule has 0 spiro atoms. The molecule has 0 aromatic rings. The number of carbonyl (C=O) groups excluding carboxylic acids is 5. The summed E-state index contributed by atoms with van der Waals surface area (Å²) in [6.07, 6.45) is 1.15. The second-order valence-electron chi connectivity index (χ2n) is 7.63. The van der Waals surface area contributed by atoms with E-state index in [1.165, 1.54) is 21.1 Å². The van der Waals surface area contributed by atoms with Crippen LogP contribution in [-0.2, 0) is 42.9 Å². The highest BCUT2D eigenvalue weighted by atomic mass is 32.2. The van der Waals surface area contributed by atoms with Crippen molar-refractivity contribution in [1.29, 1.82) is 0 Å². The van der Waals surface area contributed by atoms with Crippen LogP contribution in [0.2, 0.25) is 0 Å². The zero-order valence-electron chi connectivity index (χ0n) is 18.9. The Morgan fingerprint density at radius 1 is 1.03 bits per heavy atom. The van der Waals surface area contributed by atoms with E-state index in [9.17, 15) is 24.0 Å². The van der Waals surface area contributed by atoms with E-state index in [0.29, 0.717) is 5.75 Å². The Labute approximate surface area is 190 Å². The van der Waals surface area contributed by atoms with Gasteiger partial charge in [0, 0.05) is 43.7 Å². The number of carbonyl (C=O) groups is 5. The summed E-state index contributed by atoms with van der Waals surface area (Å²) in [5, 5.41) is 4.92. The van der Waals surface area contributed by atoms with E-state index >= 15 is 0 Å². The summed E-state index contributed by atoms with van der Waals surface area (Å²) in [4.78, 5) is 58.9. The van der Waals surface area contributed by atoms with Crippen LogP contribution in [0.15, 0.2) is 12.2 Å². The van der Waals surface area contributed by atoms with Crippen LogP contribution in [0.3, 0.4) is 0 Å². The molecular formula is C20H30N2O9S. The summed E-state index contributed by atoms with van der Waals surface area (Å²) in [5.74, 6) is -3.53. The number of ether oxygens (including phenoxy) is 4. The van der Waals surface area contributed by atoms with Gasteiger partial charge >= 0.3 is 11.9 Å². The maximum atomic E-state index is 12.6. The molecule has 0 aliphatic carbocycles.